The summed E-state index contributed by atoms with van der Waals surface area (Å²) in [4.78, 5) is 15.3. The molecule has 0 saturated heterocycles. The maximum absolute atomic E-state index is 14.3. The van der Waals surface area contributed by atoms with Gasteiger partial charge in [0.1, 0.15) is 11.5 Å². The number of hydrogen-bond acceptors (Lipinski definition) is 4. The number of aromatic amines is 1. The molecule has 0 fully saturated rings. The van der Waals surface area contributed by atoms with Crippen molar-refractivity contribution >= 4 is 5.91 Å². The third-order valence-electron chi connectivity index (χ3n) is 3.17. The van der Waals surface area contributed by atoms with Crippen LogP contribution >= 0.6 is 0 Å². The van der Waals surface area contributed by atoms with Crippen molar-refractivity contribution in [1.29, 1.82) is 0 Å². The third-order valence-corrected chi connectivity index (χ3v) is 3.17. The highest BCUT2D eigenvalue weighted by Crippen LogP contribution is 2.23. The highest BCUT2D eigenvalue weighted by atomic mass is 19.1. The molecule has 2 aromatic heterocycles. The summed E-state index contributed by atoms with van der Waals surface area (Å²) in [7, 11) is 0. The normalized spacial score (nSPS) is 12.1. The molecule has 0 aliphatic rings. The molecule has 3 rings (SSSR count). The molecule has 7 nitrogen and oxygen atoms in total. The van der Waals surface area contributed by atoms with Crippen molar-refractivity contribution < 1.29 is 9.18 Å². The second-order valence-corrected chi connectivity index (χ2v) is 4.71. The molecule has 0 unspecified atom stereocenters. The maximum atomic E-state index is 14.3. The van der Waals surface area contributed by atoms with E-state index in [0.717, 1.165) is 0 Å². The topological polar surface area (TPSA) is 88.5 Å². The molecule has 2 N–H and O–H groups in total. The van der Waals surface area contributed by atoms with Crippen molar-refractivity contribution in [3.8, 4) is 5.69 Å². The average molecular weight is 300 g/mol. The molecule has 2 heterocycles. The van der Waals surface area contributed by atoms with Gasteiger partial charge in [-0.3, -0.25) is 9.89 Å². The van der Waals surface area contributed by atoms with Crippen molar-refractivity contribution in [2.24, 2.45) is 0 Å². The number of H-pyrrole nitrogens is 1. The molecule has 1 aromatic carbocycles. The highest BCUT2D eigenvalue weighted by molar-refractivity contribution is 5.74. The molecule has 0 saturated carbocycles. The van der Waals surface area contributed by atoms with Crippen LogP contribution < -0.4 is 5.32 Å². The Morgan fingerprint density at radius 3 is 2.91 bits per heavy atom. The van der Waals surface area contributed by atoms with Gasteiger partial charge in [-0.25, -0.2) is 9.37 Å². The van der Waals surface area contributed by atoms with Crippen molar-refractivity contribution in [3.05, 3.63) is 60.2 Å². The molecule has 0 radical (unpaired) electrons. The number of hydrogen-bond donors (Lipinski definition) is 2. The number of benzene rings is 1. The number of rotatable bonds is 4. The number of nitrogens with one attached hydrogen (secondary N) is 2. The van der Waals surface area contributed by atoms with Gasteiger partial charge in [-0.05, 0) is 17.7 Å². The lowest BCUT2D eigenvalue weighted by Crippen LogP contribution is -2.27. The minimum absolute atomic E-state index is 0.243. The van der Waals surface area contributed by atoms with E-state index in [1.807, 2.05) is 0 Å². The standard InChI is InChI=1S/C14H13FN6O/c1-9(22)18-14(12-7-17-20-19-12)10-2-3-13(11(15)6-10)21-5-4-16-8-21/h2-8,14H,1H3,(H,18,22)(H,17,19,20)/t14-/m1/s1. The SMILES string of the molecule is CC(=O)N[C@H](c1ccc(-n2ccnc2)c(F)c1)c1c[nH]nn1. The molecule has 0 aliphatic carbocycles. The lowest BCUT2D eigenvalue weighted by atomic mass is 10.0. The number of amides is 1. The fourth-order valence-electron chi connectivity index (χ4n) is 2.20. The number of carbonyl (C=O) groups is 1. The summed E-state index contributed by atoms with van der Waals surface area (Å²) in [6.45, 7) is 1.39. The van der Waals surface area contributed by atoms with Gasteiger partial charge in [0.2, 0.25) is 5.91 Å². The Balaban J connectivity index is 1.98. The first-order chi connectivity index (χ1) is 10.6. The zero-order chi connectivity index (χ0) is 15.5. The number of aromatic nitrogens is 5. The van der Waals surface area contributed by atoms with E-state index < -0.39 is 11.9 Å². The van der Waals surface area contributed by atoms with E-state index in [2.05, 4.69) is 25.7 Å². The van der Waals surface area contributed by atoms with E-state index in [1.54, 1.807) is 35.3 Å². The van der Waals surface area contributed by atoms with Crippen LogP contribution in [0.5, 0.6) is 0 Å². The average Bonchev–Trinajstić information content (AvgIpc) is 3.17. The van der Waals surface area contributed by atoms with Gasteiger partial charge in [0.25, 0.3) is 0 Å². The summed E-state index contributed by atoms with van der Waals surface area (Å²) in [6.07, 6.45) is 6.30. The Morgan fingerprint density at radius 1 is 1.45 bits per heavy atom. The molecular formula is C14H13FN6O. The monoisotopic (exact) mass is 300 g/mol. The molecule has 1 atom stereocenters. The molecule has 0 aliphatic heterocycles. The Kier molecular flexibility index (Phi) is 3.65. The summed E-state index contributed by atoms with van der Waals surface area (Å²) in [5.74, 6) is -0.665. The molecular weight excluding hydrogens is 287 g/mol. The minimum atomic E-state index is -0.567. The van der Waals surface area contributed by atoms with Crippen molar-refractivity contribution in [2.75, 3.05) is 0 Å². The second-order valence-electron chi connectivity index (χ2n) is 4.71. The van der Waals surface area contributed by atoms with Crippen molar-refractivity contribution in [1.82, 2.24) is 30.3 Å². The predicted molar refractivity (Wildman–Crippen MR) is 75.6 cm³/mol. The summed E-state index contributed by atoms with van der Waals surface area (Å²) < 4.78 is 15.9. The van der Waals surface area contributed by atoms with Gasteiger partial charge in [-0.2, -0.15) is 0 Å². The van der Waals surface area contributed by atoms with E-state index in [4.69, 9.17) is 0 Å². The van der Waals surface area contributed by atoms with Crippen LogP contribution in [0.4, 0.5) is 4.39 Å². The van der Waals surface area contributed by atoms with E-state index in [-0.39, 0.29) is 5.91 Å². The molecule has 3 aromatic rings. The lowest BCUT2D eigenvalue weighted by Gasteiger charge is -2.16. The van der Waals surface area contributed by atoms with E-state index in [9.17, 15) is 9.18 Å². The first kappa shape index (κ1) is 13.9. The fraction of sp³-hybridized carbons (Fsp3) is 0.143. The summed E-state index contributed by atoms with van der Waals surface area (Å²) in [6, 6.07) is 4.15. The van der Waals surface area contributed by atoms with E-state index >= 15 is 0 Å². The number of carbonyl (C=O) groups excluding carboxylic acids is 1. The number of imidazole rings is 1. The number of halogens is 1. The van der Waals surface area contributed by atoms with Crippen molar-refractivity contribution in [2.45, 2.75) is 13.0 Å². The van der Waals surface area contributed by atoms with Gasteiger partial charge in [0, 0.05) is 25.5 Å². The third kappa shape index (κ3) is 2.71. The Morgan fingerprint density at radius 2 is 2.32 bits per heavy atom. The molecule has 8 heteroatoms. The first-order valence-corrected chi connectivity index (χ1v) is 6.56. The van der Waals surface area contributed by atoms with Gasteiger partial charge >= 0.3 is 0 Å². The van der Waals surface area contributed by atoms with E-state index in [0.29, 0.717) is 16.9 Å². The van der Waals surface area contributed by atoms with Gasteiger partial charge in [0.05, 0.1) is 18.1 Å². The Hall–Kier alpha value is -3.03. The largest absolute Gasteiger partial charge is 0.344 e. The Labute approximate surface area is 125 Å². The second kappa shape index (κ2) is 5.76. The quantitative estimate of drug-likeness (QED) is 0.761. The summed E-state index contributed by atoms with van der Waals surface area (Å²) in [5, 5.41) is 12.8. The lowest BCUT2D eigenvalue weighted by molar-refractivity contribution is -0.119. The minimum Gasteiger partial charge on any atom is -0.344 e. The molecule has 1 amide bonds. The molecule has 22 heavy (non-hydrogen) atoms. The van der Waals surface area contributed by atoms with Crippen LogP contribution in [0.15, 0.2) is 43.1 Å². The first-order valence-electron chi connectivity index (χ1n) is 6.56. The molecule has 0 bridgehead atoms. The zero-order valence-electron chi connectivity index (χ0n) is 11.7. The predicted octanol–water partition coefficient (Wildman–Crippen LogP) is 1.35. The highest BCUT2D eigenvalue weighted by Gasteiger charge is 2.19. The van der Waals surface area contributed by atoms with Crippen LogP contribution in [0.25, 0.3) is 5.69 Å². The summed E-state index contributed by atoms with van der Waals surface area (Å²) >= 11 is 0. The molecule has 0 spiro atoms. The van der Waals surface area contributed by atoms with Gasteiger partial charge in [-0.15, -0.1) is 5.10 Å². The molecule has 112 valence electrons. The van der Waals surface area contributed by atoms with Crippen LogP contribution in [0, 0.1) is 5.82 Å². The smallest absolute Gasteiger partial charge is 0.217 e. The fourth-order valence-corrected chi connectivity index (χ4v) is 2.20. The van der Waals surface area contributed by atoms with Crippen LogP contribution in [0.1, 0.15) is 24.2 Å². The van der Waals surface area contributed by atoms with Crippen LogP contribution in [-0.4, -0.2) is 30.9 Å². The van der Waals surface area contributed by atoms with Crippen molar-refractivity contribution in [3.63, 3.8) is 0 Å². The van der Waals surface area contributed by atoms with Crippen LogP contribution in [-0.2, 0) is 4.79 Å². The van der Waals surface area contributed by atoms with E-state index in [1.165, 1.54) is 19.3 Å². The van der Waals surface area contributed by atoms with Gasteiger partial charge in [0.15, 0.2) is 0 Å². The maximum Gasteiger partial charge on any atom is 0.217 e. The van der Waals surface area contributed by atoms with Crippen LogP contribution in [0.3, 0.4) is 0 Å². The van der Waals surface area contributed by atoms with Gasteiger partial charge < -0.3 is 9.88 Å². The zero-order valence-corrected chi connectivity index (χ0v) is 11.7. The van der Waals surface area contributed by atoms with Gasteiger partial charge in [-0.1, -0.05) is 11.3 Å². The number of nitrogens with zero attached hydrogens (tertiary/aromatic N) is 4. The Bertz CT molecular complexity index is 769. The van der Waals surface area contributed by atoms with Crippen LogP contribution in [0.2, 0.25) is 0 Å². The summed E-state index contributed by atoms with van der Waals surface area (Å²) in [5.41, 5.74) is 1.46.